The lowest BCUT2D eigenvalue weighted by Crippen LogP contribution is -2.43. The van der Waals surface area contributed by atoms with Gasteiger partial charge in [-0.3, -0.25) is 9.59 Å². The fourth-order valence-electron chi connectivity index (χ4n) is 3.80. The molecule has 6 nitrogen and oxygen atoms in total. The number of carbonyl (C=O) groups is 1. The van der Waals surface area contributed by atoms with Crippen molar-refractivity contribution < 1.29 is 9.18 Å². The molecule has 32 heavy (non-hydrogen) atoms. The quantitative estimate of drug-likeness (QED) is 0.635. The zero-order chi connectivity index (χ0) is 22.7. The van der Waals surface area contributed by atoms with Gasteiger partial charge >= 0.3 is 0 Å². The number of halogens is 2. The monoisotopic (exact) mass is 454 g/mol. The van der Waals surface area contributed by atoms with Gasteiger partial charge < -0.3 is 10.2 Å². The van der Waals surface area contributed by atoms with E-state index in [1.165, 1.54) is 22.9 Å². The molecule has 166 valence electrons. The maximum absolute atomic E-state index is 13.1. The molecule has 1 saturated heterocycles. The van der Waals surface area contributed by atoms with Crippen molar-refractivity contribution in [3.63, 3.8) is 0 Å². The predicted molar refractivity (Wildman–Crippen MR) is 123 cm³/mol. The molecule has 1 atom stereocenters. The molecule has 1 aliphatic rings. The van der Waals surface area contributed by atoms with E-state index in [1.54, 1.807) is 30.3 Å². The van der Waals surface area contributed by atoms with E-state index in [-0.39, 0.29) is 23.2 Å². The van der Waals surface area contributed by atoms with Gasteiger partial charge in [-0.15, -0.1) is 5.10 Å². The van der Waals surface area contributed by atoms with Crippen molar-refractivity contribution in [1.29, 1.82) is 0 Å². The molecule has 1 fully saturated rings. The van der Waals surface area contributed by atoms with Crippen LogP contribution >= 0.6 is 11.6 Å². The van der Waals surface area contributed by atoms with Crippen molar-refractivity contribution in [1.82, 2.24) is 15.1 Å². The normalized spacial score (nSPS) is 16.1. The van der Waals surface area contributed by atoms with Gasteiger partial charge in [-0.2, -0.15) is 4.68 Å². The maximum atomic E-state index is 13.1. The number of nitrogens with zero attached hydrogens (tertiary/aromatic N) is 3. The van der Waals surface area contributed by atoms with E-state index in [0.29, 0.717) is 29.6 Å². The van der Waals surface area contributed by atoms with Crippen molar-refractivity contribution in [2.45, 2.75) is 26.3 Å². The number of rotatable bonds is 5. The van der Waals surface area contributed by atoms with Crippen molar-refractivity contribution >= 4 is 23.3 Å². The highest BCUT2D eigenvalue weighted by Crippen LogP contribution is 2.23. The Bertz CT molecular complexity index is 1180. The smallest absolute Gasteiger partial charge is 0.271 e. The van der Waals surface area contributed by atoms with Crippen LogP contribution in [0.25, 0.3) is 5.69 Å². The number of benzene rings is 2. The topological polar surface area (TPSA) is 67.2 Å². The van der Waals surface area contributed by atoms with E-state index < -0.39 is 0 Å². The third kappa shape index (κ3) is 4.99. The number of carbonyl (C=O) groups excluding carboxylic acids is 1. The number of amides is 1. The molecule has 4 rings (SSSR count). The largest absolute Gasteiger partial charge is 0.354 e. The van der Waals surface area contributed by atoms with E-state index in [0.717, 1.165) is 30.5 Å². The first-order chi connectivity index (χ1) is 15.4. The molecule has 0 radical (unpaired) electrons. The van der Waals surface area contributed by atoms with Gasteiger partial charge in [0.1, 0.15) is 11.6 Å². The second-order valence-electron chi connectivity index (χ2n) is 8.00. The standard InChI is InChI=1S/C24H24ClFN4O2/c1-16-4-9-20(13-21(16)25)30-23(31)11-10-22(28-30)29-12-2-3-18(15-29)24(32)27-14-17-5-7-19(26)8-6-17/h4-11,13,18H,2-3,12,14-15H2,1H3,(H,27,32)/t18-/m1/s1. The second-order valence-corrected chi connectivity index (χ2v) is 8.41. The van der Waals surface area contributed by atoms with Crippen LogP contribution in [-0.2, 0) is 11.3 Å². The minimum Gasteiger partial charge on any atom is -0.354 e. The first kappa shape index (κ1) is 22.0. The van der Waals surface area contributed by atoms with Crippen LogP contribution in [0.15, 0.2) is 59.4 Å². The second kappa shape index (κ2) is 9.53. The summed E-state index contributed by atoms with van der Waals surface area (Å²) in [6.45, 7) is 3.51. The lowest BCUT2D eigenvalue weighted by molar-refractivity contribution is -0.125. The Morgan fingerprint density at radius 2 is 1.97 bits per heavy atom. The number of aryl methyl sites for hydroxylation is 1. The third-order valence-electron chi connectivity index (χ3n) is 5.68. The summed E-state index contributed by atoms with van der Waals surface area (Å²) in [5.41, 5.74) is 2.11. The predicted octanol–water partition coefficient (Wildman–Crippen LogP) is 3.87. The van der Waals surface area contributed by atoms with Crippen molar-refractivity contribution in [2.24, 2.45) is 5.92 Å². The number of nitrogens with one attached hydrogen (secondary N) is 1. The number of hydrogen-bond acceptors (Lipinski definition) is 4. The zero-order valence-electron chi connectivity index (χ0n) is 17.7. The molecular formula is C24H24ClFN4O2. The summed E-state index contributed by atoms with van der Waals surface area (Å²) >= 11 is 6.22. The average molecular weight is 455 g/mol. The molecule has 0 saturated carbocycles. The first-order valence-corrected chi connectivity index (χ1v) is 10.9. The van der Waals surface area contributed by atoms with Crippen molar-refractivity contribution in [3.8, 4) is 5.69 Å². The Morgan fingerprint density at radius 3 is 2.72 bits per heavy atom. The molecule has 0 aliphatic carbocycles. The molecule has 0 bridgehead atoms. The van der Waals surface area contributed by atoms with Crippen LogP contribution in [0, 0.1) is 18.7 Å². The Morgan fingerprint density at radius 1 is 1.19 bits per heavy atom. The van der Waals surface area contributed by atoms with Crippen LogP contribution in [0.2, 0.25) is 5.02 Å². The highest BCUT2D eigenvalue weighted by atomic mass is 35.5. The number of hydrogen-bond donors (Lipinski definition) is 1. The molecule has 1 amide bonds. The van der Waals surface area contributed by atoms with Gasteiger partial charge in [-0.1, -0.05) is 29.8 Å². The number of piperidine rings is 1. The number of aromatic nitrogens is 2. The van der Waals surface area contributed by atoms with Crippen molar-refractivity contribution in [2.75, 3.05) is 18.0 Å². The lowest BCUT2D eigenvalue weighted by atomic mass is 9.97. The molecule has 1 N–H and O–H groups in total. The summed E-state index contributed by atoms with van der Waals surface area (Å²) in [6.07, 6.45) is 1.62. The molecular weight excluding hydrogens is 431 g/mol. The van der Waals surface area contributed by atoms with Crippen molar-refractivity contribution in [3.05, 3.63) is 86.9 Å². The van der Waals surface area contributed by atoms with Gasteiger partial charge in [0.05, 0.1) is 11.6 Å². The SMILES string of the molecule is Cc1ccc(-n2nc(N3CCC[C@@H](C(=O)NCc4ccc(F)cc4)C3)ccc2=O)cc1Cl. The summed E-state index contributed by atoms with van der Waals surface area (Å²) in [5, 5.41) is 8.04. The van der Waals surface area contributed by atoms with Gasteiger partial charge in [-0.25, -0.2) is 4.39 Å². The molecule has 1 aliphatic heterocycles. The summed E-state index contributed by atoms with van der Waals surface area (Å²) in [5.74, 6) is 0.0972. The van der Waals surface area contributed by atoms with Gasteiger partial charge in [0.25, 0.3) is 5.56 Å². The summed E-state index contributed by atoms with van der Waals surface area (Å²) in [7, 11) is 0. The van der Waals surface area contributed by atoms with E-state index in [2.05, 4.69) is 10.4 Å². The third-order valence-corrected chi connectivity index (χ3v) is 6.09. The van der Waals surface area contributed by atoms with Gasteiger partial charge in [0.15, 0.2) is 0 Å². The van der Waals surface area contributed by atoms with E-state index >= 15 is 0 Å². The van der Waals surface area contributed by atoms with Crippen LogP contribution in [-0.4, -0.2) is 28.8 Å². The van der Waals surface area contributed by atoms with Crippen LogP contribution < -0.4 is 15.8 Å². The van der Waals surface area contributed by atoms with E-state index in [1.807, 2.05) is 17.9 Å². The Kier molecular flexibility index (Phi) is 6.55. The van der Waals surface area contributed by atoms with Gasteiger partial charge in [0, 0.05) is 30.7 Å². The molecule has 3 aromatic rings. The Labute approximate surface area is 190 Å². The zero-order valence-corrected chi connectivity index (χ0v) is 18.5. The van der Waals surface area contributed by atoms with E-state index in [9.17, 15) is 14.0 Å². The minimum absolute atomic E-state index is 0.0438. The fourth-order valence-corrected chi connectivity index (χ4v) is 3.98. The highest BCUT2D eigenvalue weighted by Gasteiger charge is 2.27. The average Bonchev–Trinajstić information content (AvgIpc) is 2.81. The van der Waals surface area contributed by atoms with Gasteiger partial charge in [-0.05, 0) is 61.2 Å². The van der Waals surface area contributed by atoms with Crippen LogP contribution in [0.1, 0.15) is 24.0 Å². The first-order valence-electron chi connectivity index (χ1n) is 10.5. The van der Waals surface area contributed by atoms with Crippen LogP contribution in [0.5, 0.6) is 0 Å². The van der Waals surface area contributed by atoms with Gasteiger partial charge in [0.2, 0.25) is 5.91 Å². The Hall–Kier alpha value is -3.19. The molecule has 1 aromatic heterocycles. The summed E-state index contributed by atoms with van der Waals surface area (Å²) in [6, 6.07) is 14.6. The molecule has 2 heterocycles. The lowest BCUT2D eigenvalue weighted by Gasteiger charge is -2.33. The number of anilines is 1. The van der Waals surface area contributed by atoms with Crippen LogP contribution in [0.3, 0.4) is 0 Å². The fraction of sp³-hybridized carbons (Fsp3) is 0.292. The molecule has 8 heteroatoms. The van der Waals surface area contributed by atoms with Crippen LogP contribution in [0.4, 0.5) is 10.2 Å². The molecule has 2 aromatic carbocycles. The maximum Gasteiger partial charge on any atom is 0.271 e. The Balaban J connectivity index is 1.47. The highest BCUT2D eigenvalue weighted by molar-refractivity contribution is 6.31. The molecule has 0 unspecified atom stereocenters. The molecule has 0 spiro atoms. The van der Waals surface area contributed by atoms with E-state index in [4.69, 9.17) is 11.6 Å². The summed E-state index contributed by atoms with van der Waals surface area (Å²) < 4.78 is 14.4. The summed E-state index contributed by atoms with van der Waals surface area (Å²) in [4.78, 5) is 27.2. The minimum atomic E-state index is -0.301.